The average Bonchev–Trinajstić information content (AvgIpc) is 3.30. The van der Waals surface area contributed by atoms with Crippen LogP contribution < -0.4 is 10.6 Å². The molecule has 1 unspecified atom stereocenters. The van der Waals surface area contributed by atoms with E-state index in [1.807, 2.05) is 22.2 Å². The maximum atomic E-state index is 5.65. The molecule has 0 bridgehead atoms. The Kier molecular flexibility index (Phi) is 8.93. The van der Waals surface area contributed by atoms with Gasteiger partial charge in [0.15, 0.2) is 10.9 Å². The van der Waals surface area contributed by atoms with Crippen molar-refractivity contribution in [3.63, 3.8) is 0 Å². The molecule has 2 N–H and O–H groups in total. The van der Waals surface area contributed by atoms with Crippen LogP contribution in [0.4, 0.5) is 0 Å². The van der Waals surface area contributed by atoms with Crippen molar-refractivity contribution >= 4 is 46.2 Å². The molecule has 1 aliphatic rings. The largest absolute Gasteiger partial charge is 0.379 e. The Morgan fingerprint density at radius 2 is 2.44 bits per heavy atom. The summed E-state index contributed by atoms with van der Waals surface area (Å²) in [6.07, 6.45) is 7.57. The summed E-state index contributed by atoms with van der Waals surface area (Å²) >= 11 is 1.63. The number of halogens is 1. The van der Waals surface area contributed by atoms with Crippen LogP contribution in [-0.2, 0) is 16.0 Å². The highest BCUT2D eigenvalue weighted by atomic mass is 127. The molecule has 140 valence electrons. The van der Waals surface area contributed by atoms with Crippen molar-refractivity contribution < 1.29 is 9.47 Å². The van der Waals surface area contributed by atoms with Crippen molar-refractivity contribution in [1.29, 1.82) is 0 Å². The van der Waals surface area contributed by atoms with Gasteiger partial charge in [-0.05, 0) is 19.3 Å². The number of guanidine groups is 1. The Bertz CT molecular complexity index is 625. The van der Waals surface area contributed by atoms with Crippen LogP contribution in [0.5, 0.6) is 0 Å². The van der Waals surface area contributed by atoms with Crippen LogP contribution in [0.3, 0.4) is 0 Å². The van der Waals surface area contributed by atoms with Gasteiger partial charge in [0.25, 0.3) is 0 Å². The van der Waals surface area contributed by atoms with Crippen LogP contribution >= 0.6 is 35.3 Å². The van der Waals surface area contributed by atoms with Crippen molar-refractivity contribution in [2.45, 2.75) is 31.9 Å². The van der Waals surface area contributed by atoms with Gasteiger partial charge in [0.05, 0.1) is 24.9 Å². The van der Waals surface area contributed by atoms with E-state index in [-0.39, 0.29) is 24.0 Å². The first-order chi connectivity index (χ1) is 11.8. The average molecular weight is 479 g/mol. The molecule has 0 amide bonds. The lowest BCUT2D eigenvalue weighted by Gasteiger charge is -2.12. The van der Waals surface area contributed by atoms with Gasteiger partial charge < -0.3 is 20.1 Å². The second kappa shape index (κ2) is 10.9. The van der Waals surface area contributed by atoms with Gasteiger partial charge in [-0.3, -0.25) is 9.39 Å². The van der Waals surface area contributed by atoms with E-state index in [0.29, 0.717) is 19.3 Å². The Hall–Kier alpha value is -0.910. The molecule has 1 atom stereocenters. The molecule has 2 aromatic heterocycles. The lowest BCUT2D eigenvalue weighted by Crippen LogP contribution is -2.37. The molecule has 9 heteroatoms. The monoisotopic (exact) mass is 479 g/mol. The first-order valence-corrected chi connectivity index (χ1v) is 9.28. The molecule has 2 aromatic rings. The molecule has 1 aliphatic heterocycles. The van der Waals surface area contributed by atoms with Crippen LogP contribution in [0.25, 0.3) is 4.96 Å². The van der Waals surface area contributed by atoms with Crippen LogP contribution in [0.2, 0.25) is 0 Å². The van der Waals surface area contributed by atoms with Crippen molar-refractivity contribution in [3.05, 3.63) is 23.5 Å². The number of aliphatic imine (C=N–C) groups is 1. The Morgan fingerprint density at radius 1 is 1.52 bits per heavy atom. The molecule has 1 saturated heterocycles. The Labute approximate surface area is 169 Å². The van der Waals surface area contributed by atoms with Crippen LogP contribution in [0, 0.1) is 0 Å². The number of ether oxygens (including phenoxy) is 2. The van der Waals surface area contributed by atoms with Crippen molar-refractivity contribution in [3.8, 4) is 0 Å². The zero-order valence-corrected chi connectivity index (χ0v) is 17.6. The Morgan fingerprint density at radius 3 is 3.20 bits per heavy atom. The van der Waals surface area contributed by atoms with E-state index in [2.05, 4.69) is 20.6 Å². The van der Waals surface area contributed by atoms with Crippen molar-refractivity contribution in [2.24, 2.45) is 4.99 Å². The fourth-order valence-corrected chi connectivity index (χ4v) is 3.35. The molecule has 3 rings (SSSR count). The standard InChI is InChI=1S/C16H25N5O2S.HI/c1-17-15(18-5-3-7-22-12-14-4-2-8-23-14)19-10-13-11-21-6-9-24-16(21)20-13;/h6,9,11,14H,2-5,7-8,10,12H2,1H3,(H2,17,18,19);1H. The number of nitrogens with zero attached hydrogens (tertiary/aromatic N) is 3. The minimum absolute atomic E-state index is 0. The molecule has 0 aromatic carbocycles. The smallest absolute Gasteiger partial charge is 0.193 e. The number of aromatic nitrogens is 2. The first kappa shape index (κ1) is 20.4. The summed E-state index contributed by atoms with van der Waals surface area (Å²) in [4.78, 5) is 9.78. The molecule has 0 radical (unpaired) electrons. The maximum absolute atomic E-state index is 5.65. The molecule has 0 saturated carbocycles. The number of hydrogen-bond donors (Lipinski definition) is 2. The molecule has 0 aliphatic carbocycles. The lowest BCUT2D eigenvalue weighted by molar-refractivity contribution is 0.0168. The van der Waals surface area contributed by atoms with Gasteiger partial charge in [0, 0.05) is 44.6 Å². The van der Waals surface area contributed by atoms with E-state index in [1.54, 1.807) is 18.4 Å². The summed E-state index contributed by atoms with van der Waals surface area (Å²) in [6, 6.07) is 0. The summed E-state index contributed by atoms with van der Waals surface area (Å²) in [5.74, 6) is 0.783. The number of thiazole rings is 1. The predicted molar refractivity (Wildman–Crippen MR) is 111 cm³/mol. The minimum Gasteiger partial charge on any atom is -0.379 e. The molecule has 7 nitrogen and oxygen atoms in total. The fraction of sp³-hybridized carbons (Fsp3) is 0.625. The third-order valence-corrected chi connectivity index (χ3v) is 4.66. The quantitative estimate of drug-likeness (QED) is 0.263. The van der Waals surface area contributed by atoms with Gasteiger partial charge in [-0.1, -0.05) is 0 Å². The summed E-state index contributed by atoms with van der Waals surface area (Å²) in [6.45, 7) is 3.81. The van der Waals surface area contributed by atoms with Gasteiger partial charge >= 0.3 is 0 Å². The molecule has 0 spiro atoms. The number of imidazole rings is 1. The number of rotatable bonds is 8. The summed E-state index contributed by atoms with van der Waals surface area (Å²) in [5.41, 5.74) is 1.00. The SMILES string of the molecule is CN=C(NCCCOCC1CCCO1)NCc1cn2ccsc2n1.I. The predicted octanol–water partition coefficient (Wildman–Crippen LogP) is 2.26. The highest BCUT2D eigenvalue weighted by Crippen LogP contribution is 2.12. The zero-order valence-electron chi connectivity index (χ0n) is 14.4. The van der Waals surface area contributed by atoms with Crippen LogP contribution in [0.15, 0.2) is 22.8 Å². The van der Waals surface area contributed by atoms with Crippen LogP contribution in [0.1, 0.15) is 25.0 Å². The van der Waals surface area contributed by atoms with Gasteiger partial charge in [0.2, 0.25) is 0 Å². The molecule has 3 heterocycles. The van der Waals surface area contributed by atoms with Gasteiger partial charge in [-0.2, -0.15) is 0 Å². The topological polar surface area (TPSA) is 72.2 Å². The summed E-state index contributed by atoms with van der Waals surface area (Å²) in [5, 5.41) is 8.60. The zero-order chi connectivity index (χ0) is 16.6. The molecule has 25 heavy (non-hydrogen) atoms. The van der Waals surface area contributed by atoms with E-state index in [4.69, 9.17) is 9.47 Å². The van der Waals surface area contributed by atoms with Gasteiger partial charge in [0.1, 0.15) is 0 Å². The molecular weight excluding hydrogens is 453 g/mol. The van der Waals surface area contributed by atoms with E-state index in [1.165, 1.54) is 0 Å². The van der Waals surface area contributed by atoms with Gasteiger partial charge in [-0.25, -0.2) is 4.98 Å². The minimum atomic E-state index is 0. The second-order valence-electron chi connectivity index (χ2n) is 5.74. The van der Waals surface area contributed by atoms with E-state index < -0.39 is 0 Å². The second-order valence-corrected chi connectivity index (χ2v) is 6.61. The number of hydrogen-bond acceptors (Lipinski definition) is 5. The highest BCUT2D eigenvalue weighted by Gasteiger charge is 2.14. The maximum Gasteiger partial charge on any atom is 0.193 e. The van der Waals surface area contributed by atoms with Crippen molar-refractivity contribution in [2.75, 3.05) is 33.4 Å². The highest BCUT2D eigenvalue weighted by molar-refractivity contribution is 14.0. The van der Waals surface area contributed by atoms with Gasteiger partial charge in [-0.15, -0.1) is 35.3 Å². The van der Waals surface area contributed by atoms with Crippen molar-refractivity contribution in [1.82, 2.24) is 20.0 Å². The first-order valence-electron chi connectivity index (χ1n) is 8.40. The van der Waals surface area contributed by atoms with E-state index in [0.717, 1.165) is 55.6 Å². The third-order valence-electron chi connectivity index (χ3n) is 3.89. The summed E-state index contributed by atoms with van der Waals surface area (Å²) < 4.78 is 13.2. The fourth-order valence-electron chi connectivity index (χ4n) is 2.63. The van der Waals surface area contributed by atoms with E-state index >= 15 is 0 Å². The number of fused-ring (bicyclic) bond motifs is 1. The molecular formula is C16H26IN5O2S. The normalized spacial score (nSPS) is 17.6. The molecule has 1 fully saturated rings. The number of nitrogens with one attached hydrogen (secondary N) is 2. The Balaban J connectivity index is 0.00000225. The van der Waals surface area contributed by atoms with E-state index in [9.17, 15) is 0 Å². The summed E-state index contributed by atoms with van der Waals surface area (Å²) in [7, 11) is 1.77. The lowest BCUT2D eigenvalue weighted by atomic mass is 10.2. The van der Waals surface area contributed by atoms with Crippen LogP contribution in [-0.4, -0.2) is 54.9 Å². The third kappa shape index (κ3) is 6.39.